The van der Waals surface area contributed by atoms with E-state index in [2.05, 4.69) is 168 Å². The zero-order chi connectivity index (χ0) is 36.4. The van der Waals surface area contributed by atoms with Gasteiger partial charge in [0, 0.05) is 63.9 Å². The number of para-hydroxylation sites is 2. The van der Waals surface area contributed by atoms with Crippen molar-refractivity contribution in [2.24, 2.45) is 0 Å². The molecule has 0 spiro atoms. The Labute approximate surface area is 318 Å². The van der Waals surface area contributed by atoms with E-state index in [1.165, 1.54) is 58.5 Å². The SMILES string of the molecule is Cc1ccc2c(c1)c1ccccc1n2-c1ccc2oc3ccc(-c4ccc5sc6ccc(-n7c8ccccc8c8ccc(C#N)cc87)cc6c5c4)cc3c2c1. The molecule has 0 saturated carbocycles. The van der Waals surface area contributed by atoms with Crippen LogP contribution in [-0.2, 0) is 0 Å². The fourth-order valence-electron chi connectivity index (χ4n) is 8.85. The Hall–Kier alpha value is -7.13. The molecule has 8 aromatic carbocycles. The fraction of sp³-hybridized carbons (Fsp3) is 0.0200. The maximum absolute atomic E-state index is 9.75. The molecule has 4 aromatic heterocycles. The minimum Gasteiger partial charge on any atom is -0.456 e. The molecule has 12 aromatic rings. The predicted molar refractivity (Wildman–Crippen MR) is 230 cm³/mol. The monoisotopic (exact) mass is 719 g/mol. The highest BCUT2D eigenvalue weighted by Gasteiger charge is 2.17. The molecule has 256 valence electrons. The Bertz CT molecular complexity index is 3640. The van der Waals surface area contributed by atoms with Crippen molar-refractivity contribution in [1.29, 1.82) is 5.26 Å². The third-order valence-corrected chi connectivity index (χ3v) is 12.5. The molecule has 0 radical (unpaired) electrons. The predicted octanol–water partition coefficient (Wildman–Crippen LogP) is 14.0. The van der Waals surface area contributed by atoms with Crippen molar-refractivity contribution < 1.29 is 4.42 Å². The molecule has 0 fully saturated rings. The second kappa shape index (κ2) is 11.2. The number of hydrogen-bond donors (Lipinski definition) is 0. The lowest BCUT2D eigenvalue weighted by Crippen LogP contribution is -1.93. The summed E-state index contributed by atoms with van der Waals surface area (Å²) in [5.41, 5.74) is 12.7. The Kier molecular flexibility index (Phi) is 6.17. The van der Waals surface area contributed by atoms with Gasteiger partial charge in [0.1, 0.15) is 11.2 Å². The number of nitrogens with zero attached hydrogens (tertiary/aromatic N) is 3. The lowest BCUT2D eigenvalue weighted by atomic mass is 10.0. The summed E-state index contributed by atoms with van der Waals surface area (Å²) in [4.78, 5) is 0. The topological polar surface area (TPSA) is 46.8 Å². The number of furan rings is 1. The van der Waals surface area contributed by atoms with Crippen molar-refractivity contribution in [3.63, 3.8) is 0 Å². The molecule has 0 aliphatic heterocycles. The summed E-state index contributed by atoms with van der Waals surface area (Å²) in [6.07, 6.45) is 0. The van der Waals surface area contributed by atoms with Gasteiger partial charge in [0.15, 0.2) is 0 Å². The van der Waals surface area contributed by atoms with E-state index in [4.69, 9.17) is 4.42 Å². The van der Waals surface area contributed by atoms with Crippen molar-refractivity contribution in [1.82, 2.24) is 9.13 Å². The van der Waals surface area contributed by atoms with Crippen LogP contribution in [0.3, 0.4) is 0 Å². The molecular weight excluding hydrogens is 691 g/mol. The number of aryl methyl sites for hydroxylation is 1. The van der Waals surface area contributed by atoms with Crippen LogP contribution in [0.25, 0.3) is 108 Å². The standard InChI is InChI=1S/C50H29N3OS/c1-29-10-17-45-38(22-29)36-7-3-5-9-44(36)52(45)33-14-19-48-40(26-33)39-24-31(12-18-47(39)54-48)32-13-20-49-41(25-32)42-27-34(15-21-50(42)55-49)53-43-8-4-2-6-35(43)37-16-11-30(28-51)23-46(37)53/h2-27H,1H3. The highest BCUT2D eigenvalue weighted by molar-refractivity contribution is 7.25. The van der Waals surface area contributed by atoms with E-state index in [0.29, 0.717) is 5.56 Å². The van der Waals surface area contributed by atoms with Crippen molar-refractivity contribution in [3.05, 3.63) is 169 Å². The molecule has 5 heteroatoms. The lowest BCUT2D eigenvalue weighted by molar-refractivity contribution is 0.669. The number of fused-ring (bicyclic) bond motifs is 12. The second-order valence-electron chi connectivity index (χ2n) is 14.6. The van der Waals surface area contributed by atoms with Crippen LogP contribution in [0.2, 0.25) is 0 Å². The Morgan fingerprint density at radius 3 is 1.80 bits per heavy atom. The van der Waals surface area contributed by atoms with Gasteiger partial charge in [0.2, 0.25) is 0 Å². The molecule has 4 nitrogen and oxygen atoms in total. The highest BCUT2D eigenvalue weighted by Crippen LogP contribution is 2.41. The maximum atomic E-state index is 9.75. The van der Waals surface area contributed by atoms with Crippen molar-refractivity contribution in [2.75, 3.05) is 0 Å². The number of aromatic nitrogens is 2. The Morgan fingerprint density at radius 2 is 1.02 bits per heavy atom. The van der Waals surface area contributed by atoms with E-state index in [1.807, 2.05) is 23.5 Å². The number of rotatable bonds is 3. The van der Waals surface area contributed by atoms with Gasteiger partial charge in [0.25, 0.3) is 0 Å². The van der Waals surface area contributed by atoms with Crippen LogP contribution in [-0.4, -0.2) is 9.13 Å². The smallest absolute Gasteiger partial charge is 0.135 e. The number of nitriles is 1. The lowest BCUT2D eigenvalue weighted by Gasteiger charge is -2.09. The Balaban J connectivity index is 1.01. The molecule has 0 N–H and O–H groups in total. The highest BCUT2D eigenvalue weighted by atomic mass is 32.1. The largest absolute Gasteiger partial charge is 0.456 e. The molecule has 0 unspecified atom stereocenters. The van der Waals surface area contributed by atoms with E-state index in [0.717, 1.165) is 55.3 Å². The van der Waals surface area contributed by atoms with Gasteiger partial charge in [0.05, 0.1) is 33.7 Å². The molecule has 0 saturated heterocycles. The first-order chi connectivity index (χ1) is 27.1. The van der Waals surface area contributed by atoms with Gasteiger partial charge in [-0.15, -0.1) is 11.3 Å². The summed E-state index contributed by atoms with van der Waals surface area (Å²) in [6.45, 7) is 2.16. The van der Waals surface area contributed by atoms with Crippen molar-refractivity contribution in [3.8, 4) is 28.6 Å². The van der Waals surface area contributed by atoms with Crippen LogP contribution in [0.15, 0.2) is 162 Å². The van der Waals surface area contributed by atoms with Crippen molar-refractivity contribution >= 4 is 97.1 Å². The van der Waals surface area contributed by atoms with Gasteiger partial charge >= 0.3 is 0 Å². The van der Waals surface area contributed by atoms with Gasteiger partial charge in [-0.05, 0) is 115 Å². The first-order valence-electron chi connectivity index (χ1n) is 18.5. The summed E-state index contributed by atoms with van der Waals surface area (Å²) in [7, 11) is 0. The first-order valence-corrected chi connectivity index (χ1v) is 19.3. The van der Waals surface area contributed by atoms with E-state index in [-0.39, 0.29) is 0 Å². The van der Waals surface area contributed by atoms with Gasteiger partial charge in [-0.3, -0.25) is 0 Å². The van der Waals surface area contributed by atoms with Crippen LogP contribution in [0.4, 0.5) is 0 Å². The zero-order valence-electron chi connectivity index (χ0n) is 29.7. The maximum Gasteiger partial charge on any atom is 0.135 e. The summed E-state index contributed by atoms with van der Waals surface area (Å²) >= 11 is 1.82. The zero-order valence-corrected chi connectivity index (χ0v) is 30.5. The molecule has 0 aliphatic rings. The van der Waals surface area contributed by atoms with Gasteiger partial charge in [-0.25, -0.2) is 0 Å². The van der Waals surface area contributed by atoms with Crippen LogP contribution >= 0.6 is 11.3 Å². The molecule has 0 aliphatic carbocycles. The quantitative estimate of drug-likeness (QED) is 0.182. The van der Waals surface area contributed by atoms with Gasteiger partial charge in [-0.2, -0.15) is 5.26 Å². The molecule has 0 amide bonds. The van der Waals surface area contributed by atoms with E-state index >= 15 is 0 Å². The normalized spacial score (nSPS) is 12.1. The molecular formula is C50H29N3OS. The van der Waals surface area contributed by atoms with E-state index in [9.17, 15) is 5.26 Å². The van der Waals surface area contributed by atoms with Gasteiger partial charge in [-0.1, -0.05) is 66.2 Å². The third-order valence-electron chi connectivity index (χ3n) is 11.4. The minimum atomic E-state index is 0.656. The van der Waals surface area contributed by atoms with Crippen LogP contribution in [0.1, 0.15) is 11.1 Å². The minimum absolute atomic E-state index is 0.656. The summed E-state index contributed by atoms with van der Waals surface area (Å²) in [6, 6.07) is 58.9. The van der Waals surface area contributed by atoms with E-state index in [1.54, 1.807) is 0 Å². The van der Waals surface area contributed by atoms with Crippen LogP contribution < -0.4 is 0 Å². The second-order valence-corrected chi connectivity index (χ2v) is 15.6. The molecule has 4 heterocycles. The Morgan fingerprint density at radius 1 is 0.455 bits per heavy atom. The summed E-state index contributed by atoms with van der Waals surface area (Å²) < 4.78 is 13.6. The molecule has 55 heavy (non-hydrogen) atoms. The fourth-order valence-corrected chi connectivity index (χ4v) is 9.92. The number of thiophene rings is 1. The average Bonchev–Trinajstić information content (AvgIpc) is 3.97. The summed E-state index contributed by atoms with van der Waals surface area (Å²) in [5.74, 6) is 0. The van der Waals surface area contributed by atoms with Crippen LogP contribution in [0, 0.1) is 18.3 Å². The van der Waals surface area contributed by atoms with Crippen molar-refractivity contribution in [2.45, 2.75) is 6.92 Å². The van der Waals surface area contributed by atoms with Gasteiger partial charge < -0.3 is 13.6 Å². The summed E-state index contributed by atoms with van der Waals surface area (Å²) in [5, 5.41) is 19.3. The number of hydrogen-bond acceptors (Lipinski definition) is 3. The third kappa shape index (κ3) is 4.37. The molecule has 0 atom stereocenters. The first kappa shape index (κ1) is 30.3. The molecule has 0 bridgehead atoms. The van der Waals surface area contributed by atoms with Crippen LogP contribution in [0.5, 0.6) is 0 Å². The molecule has 12 rings (SSSR count). The van der Waals surface area contributed by atoms with E-state index < -0.39 is 0 Å². The average molecular weight is 720 g/mol. The number of benzene rings is 8.